The van der Waals surface area contributed by atoms with Crippen LogP contribution in [-0.2, 0) is 12.0 Å². The summed E-state index contributed by atoms with van der Waals surface area (Å²) < 4.78 is 13.7. The molecule has 0 bridgehead atoms. The second-order valence-electron chi connectivity index (χ2n) is 7.59. The number of hydrogen-bond donors (Lipinski definition) is 0. The van der Waals surface area contributed by atoms with E-state index in [1.54, 1.807) is 0 Å². The van der Waals surface area contributed by atoms with Crippen LogP contribution in [0.1, 0.15) is 36.7 Å². The third-order valence-corrected chi connectivity index (χ3v) is 5.66. The first-order valence-corrected chi connectivity index (χ1v) is 9.74. The molecule has 2 heterocycles. The first-order chi connectivity index (χ1) is 13.4. The van der Waals surface area contributed by atoms with Crippen LogP contribution < -0.4 is 14.3 Å². The van der Waals surface area contributed by atoms with Crippen molar-refractivity contribution in [3.8, 4) is 23.8 Å². The first kappa shape index (κ1) is 18.3. The Morgan fingerprint density at radius 1 is 1.21 bits per heavy atom. The van der Waals surface area contributed by atoms with Gasteiger partial charge in [-0.2, -0.15) is 4.99 Å². The van der Waals surface area contributed by atoms with Crippen molar-refractivity contribution in [3.63, 3.8) is 0 Å². The molecule has 1 aliphatic rings. The maximum Gasteiger partial charge on any atom is 0.279 e. The minimum absolute atomic E-state index is 0.0323. The Hall–Kier alpha value is -3.04. The number of nitrogens with zero attached hydrogens (tertiary/aromatic N) is 2. The number of aromatic nitrogens is 1. The van der Waals surface area contributed by atoms with Gasteiger partial charge in [0, 0.05) is 17.7 Å². The maximum absolute atomic E-state index is 12.7. The molecular formula is C22H20N2O3S. The zero-order chi connectivity index (χ0) is 19.9. The van der Waals surface area contributed by atoms with Crippen molar-refractivity contribution in [1.29, 1.82) is 0 Å². The van der Waals surface area contributed by atoms with Gasteiger partial charge < -0.3 is 14.0 Å². The largest absolute Gasteiger partial charge is 0.454 e. The van der Waals surface area contributed by atoms with Crippen molar-refractivity contribution < 1.29 is 14.3 Å². The summed E-state index contributed by atoms with van der Waals surface area (Å²) in [4.78, 5) is 17.6. The maximum atomic E-state index is 12.7. The summed E-state index contributed by atoms with van der Waals surface area (Å²) in [6, 6.07) is 11.4. The van der Waals surface area contributed by atoms with Crippen LogP contribution in [0.5, 0.6) is 11.5 Å². The first-order valence-electron chi connectivity index (χ1n) is 8.93. The van der Waals surface area contributed by atoms with Crippen LogP contribution >= 0.6 is 11.3 Å². The molecule has 0 saturated carbocycles. The molecule has 0 unspecified atom stereocenters. The van der Waals surface area contributed by atoms with Crippen molar-refractivity contribution in [2.45, 2.75) is 32.7 Å². The van der Waals surface area contributed by atoms with E-state index < -0.39 is 0 Å². The van der Waals surface area contributed by atoms with Crippen molar-refractivity contribution in [2.75, 3.05) is 6.79 Å². The molecule has 1 aliphatic heterocycles. The molecule has 0 aliphatic carbocycles. The Kier molecular flexibility index (Phi) is 4.48. The third-order valence-electron chi connectivity index (χ3n) is 4.62. The molecule has 0 atom stereocenters. The zero-order valence-electron chi connectivity index (χ0n) is 16.0. The Morgan fingerprint density at radius 2 is 1.89 bits per heavy atom. The Bertz CT molecular complexity index is 1170. The number of fused-ring (bicyclic) bond motifs is 2. The fraction of sp³-hybridized carbons (Fsp3) is 0.273. The van der Waals surface area contributed by atoms with E-state index in [2.05, 4.69) is 31.7 Å². The fourth-order valence-electron chi connectivity index (χ4n) is 3.05. The van der Waals surface area contributed by atoms with Gasteiger partial charge in [-0.3, -0.25) is 4.79 Å². The van der Waals surface area contributed by atoms with Crippen molar-refractivity contribution in [1.82, 2.24) is 4.57 Å². The molecule has 2 aromatic carbocycles. The molecule has 28 heavy (non-hydrogen) atoms. The van der Waals surface area contributed by atoms with Crippen LogP contribution in [0.25, 0.3) is 10.2 Å². The highest BCUT2D eigenvalue weighted by molar-refractivity contribution is 7.16. The Morgan fingerprint density at radius 3 is 2.54 bits per heavy atom. The average molecular weight is 392 g/mol. The van der Waals surface area contributed by atoms with Gasteiger partial charge in [-0.1, -0.05) is 50.2 Å². The third kappa shape index (κ3) is 3.30. The summed E-state index contributed by atoms with van der Waals surface area (Å²) >= 11 is 1.40. The molecule has 0 spiro atoms. The van der Waals surface area contributed by atoms with Gasteiger partial charge in [0.2, 0.25) is 6.79 Å². The van der Waals surface area contributed by atoms with Gasteiger partial charge >= 0.3 is 0 Å². The minimum atomic E-state index is -0.294. The van der Waals surface area contributed by atoms with Crippen molar-refractivity contribution >= 4 is 27.5 Å². The van der Waals surface area contributed by atoms with Gasteiger partial charge in [-0.25, -0.2) is 0 Å². The molecular weight excluding hydrogens is 372 g/mol. The smallest absolute Gasteiger partial charge is 0.279 e. The number of rotatable bonds is 2. The highest BCUT2D eigenvalue weighted by Crippen LogP contribution is 2.37. The molecule has 1 aromatic heterocycles. The molecule has 4 rings (SSSR count). The van der Waals surface area contributed by atoms with E-state index in [-0.39, 0.29) is 18.1 Å². The molecule has 0 saturated heterocycles. The van der Waals surface area contributed by atoms with Crippen LogP contribution in [0.4, 0.5) is 0 Å². The Balaban J connectivity index is 1.77. The minimum Gasteiger partial charge on any atom is -0.454 e. The van der Waals surface area contributed by atoms with Gasteiger partial charge in [-0.05, 0) is 23.1 Å². The molecule has 0 N–H and O–H groups in total. The predicted molar refractivity (Wildman–Crippen MR) is 110 cm³/mol. The van der Waals surface area contributed by atoms with Crippen LogP contribution in [0, 0.1) is 12.3 Å². The number of thiazole rings is 1. The summed E-state index contributed by atoms with van der Waals surface area (Å²) in [7, 11) is 0. The summed E-state index contributed by atoms with van der Waals surface area (Å²) in [5.74, 6) is 3.70. The second-order valence-corrected chi connectivity index (χ2v) is 8.60. The molecule has 142 valence electrons. The zero-order valence-corrected chi connectivity index (χ0v) is 16.8. The quantitative estimate of drug-likeness (QED) is 0.617. The van der Waals surface area contributed by atoms with Crippen LogP contribution in [0.15, 0.2) is 41.4 Å². The van der Waals surface area contributed by atoms with Gasteiger partial charge in [0.15, 0.2) is 16.3 Å². The Labute approximate surface area is 167 Å². The number of carbonyl (C=O) groups is 1. The van der Waals surface area contributed by atoms with E-state index in [0.29, 0.717) is 28.4 Å². The highest BCUT2D eigenvalue weighted by atomic mass is 32.1. The van der Waals surface area contributed by atoms with Gasteiger partial charge in [0.1, 0.15) is 0 Å². The number of hydrogen-bond acceptors (Lipinski definition) is 4. The lowest BCUT2D eigenvalue weighted by atomic mass is 9.87. The lowest BCUT2D eigenvalue weighted by molar-refractivity contribution is 0.0998. The average Bonchev–Trinajstić information content (AvgIpc) is 3.24. The number of terminal acetylenes is 1. The molecule has 1 amide bonds. The number of amides is 1. The second kappa shape index (κ2) is 6.84. The standard InChI is InChI=1S/C22H20N2O3S/c1-5-10-24-16-11-17-18(27-13-26-17)12-19(16)28-21(24)23-20(25)14-6-8-15(9-7-14)22(2,3)4/h1,6-9,11-12H,10,13H2,2-4H3. The van der Waals surface area contributed by atoms with Gasteiger partial charge in [0.25, 0.3) is 5.91 Å². The van der Waals surface area contributed by atoms with Crippen molar-refractivity contribution in [2.24, 2.45) is 4.99 Å². The SMILES string of the molecule is C#CCn1c(=NC(=O)c2ccc(C(C)(C)C)cc2)sc2cc3c(cc21)OCO3. The number of ether oxygens (including phenoxy) is 2. The lowest BCUT2D eigenvalue weighted by Crippen LogP contribution is -2.16. The van der Waals surface area contributed by atoms with E-state index in [1.165, 1.54) is 16.9 Å². The molecule has 0 fully saturated rings. The molecule has 0 radical (unpaired) electrons. The predicted octanol–water partition coefficient (Wildman–Crippen LogP) is 4.10. The van der Waals surface area contributed by atoms with E-state index in [1.807, 2.05) is 41.0 Å². The summed E-state index contributed by atoms with van der Waals surface area (Å²) in [6.45, 7) is 6.94. The highest BCUT2D eigenvalue weighted by Gasteiger charge is 2.18. The lowest BCUT2D eigenvalue weighted by Gasteiger charge is -2.18. The van der Waals surface area contributed by atoms with Crippen molar-refractivity contribution in [3.05, 3.63) is 52.3 Å². The van der Waals surface area contributed by atoms with E-state index in [0.717, 1.165) is 10.2 Å². The van der Waals surface area contributed by atoms with E-state index >= 15 is 0 Å². The van der Waals surface area contributed by atoms with Crippen LogP contribution in [0.3, 0.4) is 0 Å². The summed E-state index contributed by atoms with van der Waals surface area (Å²) in [5, 5.41) is 0. The molecule has 6 heteroatoms. The summed E-state index contributed by atoms with van der Waals surface area (Å²) in [5.41, 5.74) is 2.63. The van der Waals surface area contributed by atoms with Gasteiger partial charge in [-0.15, -0.1) is 6.42 Å². The normalized spacial score (nSPS) is 13.7. The topological polar surface area (TPSA) is 52.8 Å². The van der Waals surface area contributed by atoms with E-state index in [4.69, 9.17) is 15.9 Å². The number of carbonyl (C=O) groups excluding carboxylic acids is 1. The summed E-state index contributed by atoms with van der Waals surface area (Å²) in [6.07, 6.45) is 5.54. The molecule has 3 aromatic rings. The van der Waals surface area contributed by atoms with Gasteiger partial charge in [0.05, 0.1) is 16.8 Å². The fourth-order valence-corrected chi connectivity index (χ4v) is 4.09. The monoisotopic (exact) mass is 392 g/mol. The van der Waals surface area contributed by atoms with Crippen LogP contribution in [0.2, 0.25) is 0 Å². The van der Waals surface area contributed by atoms with Crippen LogP contribution in [-0.4, -0.2) is 17.3 Å². The number of benzene rings is 2. The molecule has 5 nitrogen and oxygen atoms in total. The van der Waals surface area contributed by atoms with E-state index in [9.17, 15) is 4.79 Å².